The molecule has 0 heterocycles. The van der Waals surface area contributed by atoms with Gasteiger partial charge in [0.15, 0.2) is 0 Å². The molecule has 0 fully saturated rings. The van der Waals surface area contributed by atoms with Gasteiger partial charge in [-0.25, -0.2) is 0 Å². The van der Waals surface area contributed by atoms with Crippen LogP contribution in [-0.4, -0.2) is 24.2 Å². The van der Waals surface area contributed by atoms with Crippen molar-refractivity contribution in [1.29, 1.82) is 0 Å². The molecule has 84 valence electrons. The number of carboxylic acids is 1. The Morgan fingerprint density at radius 1 is 1.53 bits per heavy atom. The molecule has 1 aliphatic rings. The first kappa shape index (κ1) is 11.8. The Morgan fingerprint density at radius 2 is 2.13 bits per heavy atom. The molecule has 0 saturated heterocycles. The molecule has 0 aromatic carbocycles. The fraction of sp³-hybridized carbons (Fsp3) is 0.636. The van der Waals surface area contributed by atoms with Crippen molar-refractivity contribution >= 4 is 11.9 Å². The predicted octanol–water partition coefficient (Wildman–Crippen LogP) is 1.46. The highest BCUT2D eigenvalue weighted by Crippen LogP contribution is 2.34. The van der Waals surface area contributed by atoms with Crippen LogP contribution in [-0.2, 0) is 14.3 Å². The lowest BCUT2D eigenvalue weighted by Crippen LogP contribution is -2.37. The molecule has 3 unspecified atom stereocenters. The summed E-state index contributed by atoms with van der Waals surface area (Å²) in [6.07, 6.45) is 2.38. The quantitative estimate of drug-likeness (QED) is 0.556. The van der Waals surface area contributed by atoms with Crippen LogP contribution in [0.4, 0.5) is 0 Å². The maximum Gasteiger partial charge on any atom is 0.310 e. The maximum absolute atomic E-state index is 11.5. The van der Waals surface area contributed by atoms with Crippen molar-refractivity contribution in [2.75, 3.05) is 7.11 Å². The highest BCUT2D eigenvalue weighted by molar-refractivity contribution is 5.82. The monoisotopic (exact) mass is 212 g/mol. The van der Waals surface area contributed by atoms with Crippen molar-refractivity contribution in [3.05, 3.63) is 11.6 Å². The zero-order chi connectivity index (χ0) is 11.6. The number of carbonyl (C=O) groups excluding carboxylic acids is 1. The minimum atomic E-state index is -0.926. The van der Waals surface area contributed by atoms with Crippen LogP contribution < -0.4 is 0 Å². The van der Waals surface area contributed by atoms with Crippen LogP contribution in [0.5, 0.6) is 0 Å². The van der Waals surface area contributed by atoms with E-state index in [1.165, 1.54) is 7.11 Å². The van der Waals surface area contributed by atoms with Crippen LogP contribution in [0.15, 0.2) is 11.6 Å². The third kappa shape index (κ3) is 2.37. The largest absolute Gasteiger partial charge is 0.481 e. The first-order chi connectivity index (χ1) is 6.97. The molecule has 3 atom stereocenters. The number of hydrogen-bond donors (Lipinski definition) is 1. The number of carboxylic acid groups (broad SMARTS) is 1. The SMILES string of the molecule is COC(=O)C1C(C)C=C(C)CC1C(=O)O. The van der Waals surface area contributed by atoms with Gasteiger partial charge in [-0.1, -0.05) is 18.6 Å². The summed E-state index contributed by atoms with van der Waals surface area (Å²) in [4.78, 5) is 22.5. The standard InChI is InChI=1S/C11H16O4/c1-6-4-7(2)9(11(14)15-3)8(5-6)10(12)13/h4,7-9H,5H2,1-3H3,(H,12,13). The molecular formula is C11H16O4. The fourth-order valence-electron chi connectivity index (χ4n) is 2.22. The summed E-state index contributed by atoms with van der Waals surface area (Å²) in [5.41, 5.74) is 1.02. The summed E-state index contributed by atoms with van der Waals surface area (Å²) in [6, 6.07) is 0. The van der Waals surface area contributed by atoms with Crippen LogP contribution >= 0.6 is 0 Å². The van der Waals surface area contributed by atoms with E-state index in [2.05, 4.69) is 4.74 Å². The van der Waals surface area contributed by atoms with Gasteiger partial charge in [-0.15, -0.1) is 0 Å². The summed E-state index contributed by atoms with van der Waals surface area (Å²) < 4.78 is 4.64. The van der Waals surface area contributed by atoms with E-state index in [9.17, 15) is 9.59 Å². The Balaban J connectivity index is 2.98. The van der Waals surface area contributed by atoms with Crippen molar-refractivity contribution in [3.8, 4) is 0 Å². The van der Waals surface area contributed by atoms with Gasteiger partial charge in [-0.05, 0) is 19.3 Å². The average Bonchev–Trinajstić information content (AvgIpc) is 2.15. The smallest absolute Gasteiger partial charge is 0.310 e. The minimum absolute atomic E-state index is 0.0766. The number of esters is 1. The lowest BCUT2D eigenvalue weighted by molar-refractivity contribution is -0.157. The van der Waals surface area contributed by atoms with Crippen molar-refractivity contribution in [2.45, 2.75) is 20.3 Å². The third-order valence-corrected chi connectivity index (χ3v) is 2.88. The van der Waals surface area contributed by atoms with E-state index in [-0.39, 0.29) is 5.92 Å². The molecule has 0 bridgehead atoms. The Bertz CT molecular complexity index is 306. The normalized spacial score (nSPS) is 30.6. The lowest BCUT2D eigenvalue weighted by atomic mass is 9.74. The van der Waals surface area contributed by atoms with Crippen LogP contribution in [0.3, 0.4) is 0 Å². The molecule has 0 spiro atoms. The van der Waals surface area contributed by atoms with Gasteiger partial charge < -0.3 is 9.84 Å². The summed E-state index contributed by atoms with van der Waals surface area (Å²) in [6.45, 7) is 3.74. The molecule has 0 aromatic heterocycles. The molecule has 0 amide bonds. The highest BCUT2D eigenvalue weighted by atomic mass is 16.5. The molecule has 15 heavy (non-hydrogen) atoms. The van der Waals surface area contributed by atoms with E-state index in [1.54, 1.807) is 0 Å². The molecule has 4 heteroatoms. The first-order valence-corrected chi connectivity index (χ1v) is 4.95. The van der Waals surface area contributed by atoms with Gasteiger partial charge in [-0.3, -0.25) is 9.59 Å². The molecule has 0 aliphatic heterocycles. The summed E-state index contributed by atoms with van der Waals surface area (Å²) in [5.74, 6) is -2.65. The van der Waals surface area contributed by atoms with E-state index >= 15 is 0 Å². The molecule has 1 rings (SSSR count). The van der Waals surface area contributed by atoms with Gasteiger partial charge in [0.05, 0.1) is 18.9 Å². The Kier molecular flexibility index (Phi) is 3.50. The molecule has 1 N–H and O–H groups in total. The number of allylic oxidation sites excluding steroid dienone is 2. The zero-order valence-electron chi connectivity index (χ0n) is 9.19. The second kappa shape index (κ2) is 4.47. The van der Waals surface area contributed by atoms with Crippen LogP contribution in [0.1, 0.15) is 20.3 Å². The Hall–Kier alpha value is -1.32. The van der Waals surface area contributed by atoms with Crippen LogP contribution in [0.25, 0.3) is 0 Å². The minimum Gasteiger partial charge on any atom is -0.481 e. The van der Waals surface area contributed by atoms with Gasteiger partial charge in [0.2, 0.25) is 0 Å². The third-order valence-electron chi connectivity index (χ3n) is 2.88. The van der Waals surface area contributed by atoms with E-state index in [1.807, 2.05) is 19.9 Å². The number of carbonyl (C=O) groups is 2. The molecule has 4 nitrogen and oxygen atoms in total. The van der Waals surface area contributed by atoms with Crippen molar-refractivity contribution in [1.82, 2.24) is 0 Å². The summed E-state index contributed by atoms with van der Waals surface area (Å²) in [7, 11) is 1.29. The lowest BCUT2D eigenvalue weighted by Gasteiger charge is -2.30. The predicted molar refractivity (Wildman–Crippen MR) is 54.2 cm³/mol. The zero-order valence-corrected chi connectivity index (χ0v) is 9.19. The van der Waals surface area contributed by atoms with Crippen molar-refractivity contribution in [3.63, 3.8) is 0 Å². The van der Waals surface area contributed by atoms with Crippen LogP contribution in [0.2, 0.25) is 0 Å². The Labute approximate surface area is 88.9 Å². The van der Waals surface area contributed by atoms with Gasteiger partial charge in [0.25, 0.3) is 0 Å². The van der Waals surface area contributed by atoms with Crippen LogP contribution in [0, 0.1) is 17.8 Å². The van der Waals surface area contributed by atoms with Crippen molar-refractivity contribution in [2.24, 2.45) is 17.8 Å². The van der Waals surface area contributed by atoms with E-state index < -0.39 is 23.8 Å². The number of aliphatic carboxylic acids is 1. The molecule has 0 saturated carbocycles. The summed E-state index contributed by atoms with van der Waals surface area (Å²) >= 11 is 0. The average molecular weight is 212 g/mol. The number of hydrogen-bond acceptors (Lipinski definition) is 3. The first-order valence-electron chi connectivity index (χ1n) is 4.95. The molecule has 0 aromatic rings. The Morgan fingerprint density at radius 3 is 2.60 bits per heavy atom. The number of ether oxygens (including phenoxy) is 1. The fourth-order valence-corrected chi connectivity index (χ4v) is 2.22. The topological polar surface area (TPSA) is 63.6 Å². The van der Waals surface area contributed by atoms with Gasteiger partial charge in [-0.2, -0.15) is 0 Å². The van der Waals surface area contributed by atoms with Gasteiger partial charge in [0, 0.05) is 0 Å². The second-order valence-corrected chi connectivity index (χ2v) is 4.07. The molecule has 1 aliphatic carbocycles. The van der Waals surface area contributed by atoms with Gasteiger partial charge in [0.1, 0.15) is 0 Å². The van der Waals surface area contributed by atoms with E-state index in [4.69, 9.17) is 5.11 Å². The number of rotatable bonds is 2. The maximum atomic E-state index is 11.5. The molecule has 0 radical (unpaired) electrons. The van der Waals surface area contributed by atoms with E-state index in [0.29, 0.717) is 6.42 Å². The molecular weight excluding hydrogens is 196 g/mol. The summed E-state index contributed by atoms with van der Waals surface area (Å²) in [5, 5.41) is 9.05. The highest BCUT2D eigenvalue weighted by Gasteiger charge is 2.40. The van der Waals surface area contributed by atoms with E-state index in [0.717, 1.165) is 5.57 Å². The number of methoxy groups -OCH3 is 1. The van der Waals surface area contributed by atoms with Gasteiger partial charge >= 0.3 is 11.9 Å². The second-order valence-electron chi connectivity index (χ2n) is 4.07. The van der Waals surface area contributed by atoms with Crippen molar-refractivity contribution < 1.29 is 19.4 Å².